The SMILES string of the molecule is CCCNc1cccc(-c2ccc(F)cc2Cl)n1. The highest BCUT2D eigenvalue weighted by molar-refractivity contribution is 6.33. The minimum Gasteiger partial charge on any atom is -0.370 e. The van der Waals surface area contributed by atoms with Gasteiger partial charge < -0.3 is 5.32 Å². The molecule has 0 aliphatic heterocycles. The van der Waals surface area contributed by atoms with Gasteiger partial charge in [0, 0.05) is 12.1 Å². The molecule has 2 aromatic rings. The van der Waals surface area contributed by atoms with Crippen LogP contribution in [0.5, 0.6) is 0 Å². The van der Waals surface area contributed by atoms with Gasteiger partial charge in [-0.25, -0.2) is 9.37 Å². The Morgan fingerprint density at radius 1 is 1.28 bits per heavy atom. The maximum atomic E-state index is 13.0. The molecule has 4 heteroatoms. The van der Waals surface area contributed by atoms with Crippen molar-refractivity contribution in [1.29, 1.82) is 0 Å². The number of hydrogen-bond acceptors (Lipinski definition) is 2. The van der Waals surface area contributed by atoms with Crippen LogP contribution in [0.15, 0.2) is 36.4 Å². The van der Waals surface area contributed by atoms with E-state index in [2.05, 4.69) is 17.2 Å². The lowest BCUT2D eigenvalue weighted by Crippen LogP contribution is -2.02. The lowest BCUT2D eigenvalue weighted by Gasteiger charge is -2.07. The first-order chi connectivity index (χ1) is 8.70. The number of pyridine rings is 1. The van der Waals surface area contributed by atoms with Gasteiger partial charge in [-0.2, -0.15) is 0 Å². The van der Waals surface area contributed by atoms with Crippen molar-refractivity contribution in [2.24, 2.45) is 0 Å². The highest BCUT2D eigenvalue weighted by Gasteiger charge is 2.06. The molecule has 0 unspecified atom stereocenters. The van der Waals surface area contributed by atoms with Crippen LogP contribution in [0.25, 0.3) is 11.3 Å². The van der Waals surface area contributed by atoms with Gasteiger partial charge in [0.15, 0.2) is 0 Å². The second-order valence-corrected chi connectivity index (χ2v) is 4.37. The van der Waals surface area contributed by atoms with E-state index in [-0.39, 0.29) is 5.82 Å². The van der Waals surface area contributed by atoms with Crippen molar-refractivity contribution in [1.82, 2.24) is 4.98 Å². The Labute approximate surface area is 111 Å². The van der Waals surface area contributed by atoms with Gasteiger partial charge in [-0.1, -0.05) is 24.6 Å². The Morgan fingerprint density at radius 2 is 2.11 bits per heavy atom. The van der Waals surface area contributed by atoms with Gasteiger partial charge in [0.25, 0.3) is 0 Å². The molecule has 0 saturated heterocycles. The van der Waals surface area contributed by atoms with Gasteiger partial charge in [0.05, 0.1) is 10.7 Å². The van der Waals surface area contributed by atoms with Crippen LogP contribution in [0.3, 0.4) is 0 Å². The number of halogens is 2. The topological polar surface area (TPSA) is 24.9 Å². The zero-order chi connectivity index (χ0) is 13.0. The highest BCUT2D eigenvalue weighted by Crippen LogP contribution is 2.27. The molecule has 2 rings (SSSR count). The molecule has 0 saturated carbocycles. The molecule has 0 aliphatic carbocycles. The zero-order valence-corrected chi connectivity index (χ0v) is 10.8. The summed E-state index contributed by atoms with van der Waals surface area (Å²) in [7, 11) is 0. The van der Waals surface area contributed by atoms with Crippen LogP contribution in [-0.4, -0.2) is 11.5 Å². The summed E-state index contributed by atoms with van der Waals surface area (Å²) in [5.74, 6) is 0.457. The number of hydrogen-bond donors (Lipinski definition) is 1. The third-order valence-corrected chi connectivity index (χ3v) is 2.83. The van der Waals surface area contributed by atoms with Crippen molar-refractivity contribution in [2.45, 2.75) is 13.3 Å². The fourth-order valence-electron chi connectivity index (χ4n) is 1.63. The van der Waals surface area contributed by atoms with Crippen LogP contribution < -0.4 is 5.32 Å². The molecule has 2 nitrogen and oxygen atoms in total. The molecule has 0 atom stereocenters. The normalized spacial score (nSPS) is 10.4. The average molecular weight is 265 g/mol. The van der Waals surface area contributed by atoms with Crippen molar-refractivity contribution >= 4 is 17.4 Å². The van der Waals surface area contributed by atoms with E-state index < -0.39 is 0 Å². The van der Waals surface area contributed by atoms with E-state index in [1.54, 1.807) is 6.07 Å². The lowest BCUT2D eigenvalue weighted by atomic mass is 10.1. The van der Waals surface area contributed by atoms with Crippen molar-refractivity contribution in [2.75, 3.05) is 11.9 Å². The molecule has 1 aromatic heterocycles. The van der Waals surface area contributed by atoms with Gasteiger partial charge in [0.1, 0.15) is 11.6 Å². The molecule has 1 N–H and O–H groups in total. The summed E-state index contributed by atoms with van der Waals surface area (Å²) in [6.07, 6.45) is 1.03. The molecule has 1 heterocycles. The third-order valence-electron chi connectivity index (χ3n) is 2.51. The van der Waals surface area contributed by atoms with Gasteiger partial charge in [-0.3, -0.25) is 0 Å². The lowest BCUT2D eigenvalue weighted by molar-refractivity contribution is 0.628. The Balaban J connectivity index is 2.32. The summed E-state index contributed by atoms with van der Waals surface area (Å²) in [5.41, 5.74) is 1.47. The molecular formula is C14H14ClFN2. The first-order valence-electron chi connectivity index (χ1n) is 5.87. The van der Waals surface area contributed by atoms with Gasteiger partial charge in [0.2, 0.25) is 0 Å². The predicted molar refractivity (Wildman–Crippen MR) is 73.4 cm³/mol. The minimum absolute atomic E-state index is 0.344. The number of rotatable bonds is 4. The quantitative estimate of drug-likeness (QED) is 0.887. The van der Waals surface area contributed by atoms with Crippen LogP contribution in [-0.2, 0) is 0 Å². The molecule has 18 heavy (non-hydrogen) atoms. The van der Waals surface area contributed by atoms with Crippen LogP contribution in [0, 0.1) is 5.82 Å². The molecule has 0 amide bonds. The maximum Gasteiger partial charge on any atom is 0.126 e. The summed E-state index contributed by atoms with van der Waals surface area (Å²) in [4.78, 5) is 4.45. The van der Waals surface area contributed by atoms with E-state index in [1.165, 1.54) is 12.1 Å². The van der Waals surface area contributed by atoms with E-state index in [1.807, 2.05) is 18.2 Å². The van der Waals surface area contributed by atoms with Gasteiger partial charge in [-0.05, 0) is 36.8 Å². The van der Waals surface area contributed by atoms with Crippen molar-refractivity contribution in [3.63, 3.8) is 0 Å². The smallest absolute Gasteiger partial charge is 0.126 e. The first-order valence-corrected chi connectivity index (χ1v) is 6.25. The van der Waals surface area contributed by atoms with Crippen LogP contribution in [0.2, 0.25) is 5.02 Å². The number of aromatic nitrogens is 1. The fraction of sp³-hybridized carbons (Fsp3) is 0.214. The van der Waals surface area contributed by atoms with Crippen molar-refractivity contribution in [3.8, 4) is 11.3 Å². The first kappa shape index (κ1) is 12.8. The monoisotopic (exact) mass is 264 g/mol. The van der Waals surface area contributed by atoms with E-state index >= 15 is 0 Å². The molecule has 0 aliphatic rings. The largest absolute Gasteiger partial charge is 0.370 e. The standard InChI is InChI=1S/C14H14ClFN2/c1-2-8-17-14-5-3-4-13(18-14)11-7-6-10(16)9-12(11)15/h3-7,9H,2,8H2,1H3,(H,17,18). The molecule has 0 radical (unpaired) electrons. The van der Waals surface area contributed by atoms with Crippen molar-refractivity contribution < 1.29 is 4.39 Å². The summed E-state index contributed by atoms with van der Waals surface area (Å²) < 4.78 is 13.0. The summed E-state index contributed by atoms with van der Waals surface area (Å²) in [5, 5.41) is 3.58. The number of nitrogens with one attached hydrogen (secondary N) is 1. The van der Waals surface area contributed by atoms with Gasteiger partial charge >= 0.3 is 0 Å². The second-order valence-electron chi connectivity index (χ2n) is 3.96. The molecule has 0 fully saturated rings. The third kappa shape index (κ3) is 2.99. The van der Waals surface area contributed by atoms with Crippen LogP contribution in [0.4, 0.5) is 10.2 Å². The summed E-state index contributed by atoms with van der Waals surface area (Å²) in [6, 6.07) is 9.98. The highest BCUT2D eigenvalue weighted by atomic mass is 35.5. The molecule has 0 spiro atoms. The molecular weight excluding hydrogens is 251 g/mol. The van der Waals surface area contributed by atoms with Crippen LogP contribution in [0.1, 0.15) is 13.3 Å². The Hall–Kier alpha value is -1.61. The molecule has 1 aromatic carbocycles. The summed E-state index contributed by atoms with van der Waals surface area (Å²) in [6.45, 7) is 2.96. The fourth-order valence-corrected chi connectivity index (χ4v) is 1.90. The average Bonchev–Trinajstić information content (AvgIpc) is 2.36. The maximum absolute atomic E-state index is 13.0. The Kier molecular flexibility index (Phi) is 4.15. The van der Waals surface area contributed by atoms with Crippen molar-refractivity contribution in [3.05, 3.63) is 47.2 Å². The van der Waals surface area contributed by atoms with Crippen LogP contribution >= 0.6 is 11.6 Å². The molecule has 94 valence electrons. The molecule has 0 bridgehead atoms. The number of nitrogens with zero attached hydrogens (tertiary/aromatic N) is 1. The van der Waals surface area contributed by atoms with E-state index in [9.17, 15) is 4.39 Å². The zero-order valence-electron chi connectivity index (χ0n) is 10.1. The second kappa shape index (κ2) is 5.83. The van der Waals surface area contributed by atoms with E-state index in [4.69, 9.17) is 11.6 Å². The van der Waals surface area contributed by atoms with Gasteiger partial charge in [-0.15, -0.1) is 0 Å². The predicted octanol–water partition coefficient (Wildman–Crippen LogP) is 4.36. The number of anilines is 1. The van der Waals surface area contributed by atoms with E-state index in [0.717, 1.165) is 30.0 Å². The summed E-state index contributed by atoms with van der Waals surface area (Å²) >= 11 is 6.02. The Bertz CT molecular complexity index is 543. The van der Waals surface area contributed by atoms with E-state index in [0.29, 0.717) is 5.02 Å². The Morgan fingerprint density at radius 3 is 2.83 bits per heavy atom. The number of benzene rings is 1. The minimum atomic E-state index is -0.344.